The molecule has 0 fully saturated rings. The van der Waals surface area contributed by atoms with E-state index in [1.807, 2.05) is 19.1 Å². The third kappa shape index (κ3) is 3.60. The topological polar surface area (TPSA) is 53.9 Å². The highest BCUT2D eigenvalue weighted by Gasteiger charge is 2.29. The molecule has 2 aromatic carbocycles. The van der Waals surface area contributed by atoms with Gasteiger partial charge in [0.1, 0.15) is 11.6 Å². The highest BCUT2D eigenvalue weighted by Crippen LogP contribution is 2.36. The van der Waals surface area contributed by atoms with Crippen molar-refractivity contribution in [3.63, 3.8) is 0 Å². The van der Waals surface area contributed by atoms with Crippen LogP contribution in [0.1, 0.15) is 30.8 Å². The van der Waals surface area contributed by atoms with E-state index in [0.29, 0.717) is 24.9 Å². The van der Waals surface area contributed by atoms with Crippen LogP contribution in [0.15, 0.2) is 48.5 Å². The van der Waals surface area contributed by atoms with E-state index in [1.54, 1.807) is 6.07 Å². The van der Waals surface area contributed by atoms with Gasteiger partial charge in [0.2, 0.25) is 11.9 Å². The van der Waals surface area contributed by atoms with Crippen LogP contribution in [0.4, 0.5) is 22.0 Å². The summed E-state index contributed by atoms with van der Waals surface area (Å²) < 4.78 is 13.4. The van der Waals surface area contributed by atoms with E-state index in [1.165, 1.54) is 17.7 Å². The van der Waals surface area contributed by atoms with Gasteiger partial charge in [0.15, 0.2) is 0 Å². The summed E-state index contributed by atoms with van der Waals surface area (Å²) in [4.78, 5) is 16.0. The van der Waals surface area contributed by atoms with Crippen molar-refractivity contribution >= 4 is 17.6 Å². The standard InChI is InChI=1S/C21H22FN5/c1-3-19-24-20(23-13-15-7-6-9-17(22)12-15)26-21(25-19)27-14(2)11-16-8-4-5-10-18(16)27/h4-10,12,14H,3,11,13H2,1-2H3,(H,23,24,25,26). The molecule has 1 N–H and O–H groups in total. The predicted molar refractivity (Wildman–Crippen MR) is 105 cm³/mol. The second-order valence-corrected chi connectivity index (χ2v) is 6.76. The first kappa shape index (κ1) is 17.4. The van der Waals surface area contributed by atoms with Gasteiger partial charge in [-0.2, -0.15) is 15.0 Å². The molecule has 1 aliphatic heterocycles. The number of aryl methyl sites for hydroxylation is 1. The molecule has 138 valence electrons. The number of para-hydroxylation sites is 1. The van der Waals surface area contributed by atoms with E-state index < -0.39 is 0 Å². The van der Waals surface area contributed by atoms with Crippen molar-refractivity contribution in [2.75, 3.05) is 10.2 Å². The molecule has 0 saturated heterocycles. The molecule has 5 nitrogen and oxygen atoms in total. The Morgan fingerprint density at radius 1 is 1.11 bits per heavy atom. The SMILES string of the molecule is CCc1nc(NCc2cccc(F)c2)nc(N2c3ccccc3CC2C)n1. The van der Waals surface area contributed by atoms with Crippen molar-refractivity contribution in [1.82, 2.24) is 15.0 Å². The molecule has 0 radical (unpaired) electrons. The molecule has 4 rings (SSSR count). The zero-order valence-corrected chi connectivity index (χ0v) is 15.5. The van der Waals surface area contributed by atoms with Gasteiger partial charge in [0.25, 0.3) is 0 Å². The van der Waals surface area contributed by atoms with Crippen molar-refractivity contribution in [2.45, 2.75) is 39.3 Å². The maximum absolute atomic E-state index is 13.4. The number of anilines is 3. The van der Waals surface area contributed by atoms with Crippen molar-refractivity contribution in [1.29, 1.82) is 0 Å². The van der Waals surface area contributed by atoms with E-state index in [4.69, 9.17) is 0 Å². The van der Waals surface area contributed by atoms with Gasteiger partial charge in [-0.05, 0) is 42.7 Å². The number of nitrogens with zero attached hydrogens (tertiary/aromatic N) is 4. The number of nitrogens with one attached hydrogen (secondary N) is 1. The first-order chi connectivity index (χ1) is 13.1. The number of hydrogen-bond acceptors (Lipinski definition) is 5. The largest absolute Gasteiger partial charge is 0.350 e. The molecule has 1 aliphatic rings. The Hall–Kier alpha value is -3.02. The van der Waals surface area contributed by atoms with Crippen LogP contribution in [-0.2, 0) is 19.4 Å². The Balaban J connectivity index is 1.63. The van der Waals surface area contributed by atoms with Crippen LogP contribution in [0.25, 0.3) is 0 Å². The molecule has 1 atom stereocenters. The minimum atomic E-state index is -0.248. The van der Waals surface area contributed by atoms with Crippen molar-refractivity contribution in [2.24, 2.45) is 0 Å². The highest BCUT2D eigenvalue weighted by atomic mass is 19.1. The van der Waals surface area contributed by atoms with E-state index in [2.05, 4.69) is 50.3 Å². The number of halogens is 1. The molecule has 1 unspecified atom stereocenters. The molecule has 0 spiro atoms. The summed E-state index contributed by atoms with van der Waals surface area (Å²) in [6.07, 6.45) is 1.68. The summed E-state index contributed by atoms with van der Waals surface area (Å²) in [6, 6.07) is 15.2. The highest BCUT2D eigenvalue weighted by molar-refractivity contribution is 5.67. The lowest BCUT2D eigenvalue weighted by molar-refractivity contribution is 0.626. The van der Waals surface area contributed by atoms with Gasteiger partial charge in [-0.25, -0.2) is 4.39 Å². The molecular formula is C21H22FN5. The molecule has 0 amide bonds. The van der Waals surface area contributed by atoms with Gasteiger partial charge < -0.3 is 10.2 Å². The fourth-order valence-electron chi connectivity index (χ4n) is 3.45. The van der Waals surface area contributed by atoms with Crippen LogP contribution in [0.5, 0.6) is 0 Å². The van der Waals surface area contributed by atoms with E-state index in [0.717, 1.165) is 23.5 Å². The Morgan fingerprint density at radius 2 is 1.96 bits per heavy atom. The summed E-state index contributed by atoms with van der Waals surface area (Å²) in [7, 11) is 0. The van der Waals surface area contributed by atoms with E-state index in [9.17, 15) is 4.39 Å². The molecule has 3 aromatic rings. The number of benzene rings is 2. The first-order valence-corrected chi connectivity index (χ1v) is 9.24. The Kier molecular flexibility index (Phi) is 4.71. The van der Waals surface area contributed by atoms with Crippen LogP contribution < -0.4 is 10.2 Å². The molecular weight excluding hydrogens is 341 g/mol. The summed E-state index contributed by atoms with van der Waals surface area (Å²) in [6.45, 7) is 4.66. The van der Waals surface area contributed by atoms with Crippen molar-refractivity contribution in [3.05, 3.63) is 71.3 Å². The number of fused-ring (bicyclic) bond motifs is 1. The van der Waals surface area contributed by atoms with Crippen LogP contribution in [0.3, 0.4) is 0 Å². The summed E-state index contributed by atoms with van der Waals surface area (Å²) >= 11 is 0. The monoisotopic (exact) mass is 363 g/mol. The third-order valence-corrected chi connectivity index (χ3v) is 4.75. The number of rotatable bonds is 5. The fourth-order valence-corrected chi connectivity index (χ4v) is 3.45. The van der Waals surface area contributed by atoms with Crippen LogP contribution in [-0.4, -0.2) is 21.0 Å². The predicted octanol–water partition coefficient (Wildman–Crippen LogP) is 4.27. The molecule has 27 heavy (non-hydrogen) atoms. The smallest absolute Gasteiger partial charge is 0.235 e. The summed E-state index contributed by atoms with van der Waals surface area (Å²) in [5.41, 5.74) is 3.29. The average Bonchev–Trinajstić information content (AvgIpc) is 3.02. The zero-order valence-electron chi connectivity index (χ0n) is 15.5. The Labute approximate surface area is 158 Å². The fraction of sp³-hybridized carbons (Fsp3) is 0.286. The van der Waals surface area contributed by atoms with Crippen molar-refractivity contribution in [3.8, 4) is 0 Å². The molecule has 0 saturated carbocycles. The quantitative estimate of drug-likeness (QED) is 0.734. The number of aromatic nitrogens is 3. The Bertz CT molecular complexity index is 959. The third-order valence-electron chi connectivity index (χ3n) is 4.75. The van der Waals surface area contributed by atoms with Gasteiger partial charge in [-0.15, -0.1) is 0 Å². The zero-order chi connectivity index (χ0) is 18.8. The second kappa shape index (κ2) is 7.31. The molecule has 0 bridgehead atoms. The van der Waals surface area contributed by atoms with E-state index >= 15 is 0 Å². The lowest BCUT2D eigenvalue weighted by Crippen LogP contribution is -2.27. The molecule has 2 heterocycles. The van der Waals surface area contributed by atoms with Gasteiger partial charge >= 0.3 is 0 Å². The first-order valence-electron chi connectivity index (χ1n) is 9.24. The lowest BCUT2D eigenvalue weighted by atomic mass is 10.1. The minimum absolute atomic E-state index is 0.248. The molecule has 0 aliphatic carbocycles. The summed E-state index contributed by atoms with van der Waals surface area (Å²) in [5.74, 6) is 1.65. The van der Waals surface area contributed by atoms with Crippen LogP contribution >= 0.6 is 0 Å². The average molecular weight is 363 g/mol. The maximum atomic E-state index is 13.4. The lowest BCUT2D eigenvalue weighted by Gasteiger charge is -2.23. The van der Waals surface area contributed by atoms with Gasteiger partial charge in [-0.3, -0.25) is 0 Å². The number of hydrogen-bond donors (Lipinski definition) is 1. The van der Waals surface area contributed by atoms with Crippen molar-refractivity contribution < 1.29 is 4.39 Å². The Morgan fingerprint density at radius 3 is 2.78 bits per heavy atom. The van der Waals surface area contributed by atoms with Crippen LogP contribution in [0, 0.1) is 5.82 Å². The van der Waals surface area contributed by atoms with Gasteiger partial charge in [-0.1, -0.05) is 37.3 Å². The van der Waals surface area contributed by atoms with Gasteiger partial charge in [0.05, 0.1) is 0 Å². The molecule has 6 heteroatoms. The van der Waals surface area contributed by atoms with Gasteiger partial charge in [0, 0.05) is 24.7 Å². The minimum Gasteiger partial charge on any atom is -0.350 e. The van der Waals surface area contributed by atoms with Crippen LogP contribution in [0.2, 0.25) is 0 Å². The summed E-state index contributed by atoms with van der Waals surface area (Å²) in [5, 5.41) is 3.21. The second-order valence-electron chi connectivity index (χ2n) is 6.76. The maximum Gasteiger partial charge on any atom is 0.235 e. The normalized spacial score (nSPS) is 15.7. The van der Waals surface area contributed by atoms with E-state index in [-0.39, 0.29) is 11.9 Å². The molecule has 1 aromatic heterocycles.